The number of benzene rings is 1. The molecule has 0 N–H and O–H groups in total. The monoisotopic (exact) mass is 343 g/mol. The highest BCUT2D eigenvalue weighted by molar-refractivity contribution is 6.13. The van der Waals surface area contributed by atoms with E-state index >= 15 is 0 Å². The van der Waals surface area contributed by atoms with E-state index in [4.69, 9.17) is 4.74 Å². The number of likely N-dealkylation sites (tertiary alicyclic amines) is 1. The van der Waals surface area contributed by atoms with Crippen molar-refractivity contribution in [1.82, 2.24) is 9.91 Å². The molecule has 0 aliphatic carbocycles. The van der Waals surface area contributed by atoms with Gasteiger partial charge in [0.2, 0.25) is 0 Å². The standard InChI is InChI=1S/C19H25N3O3/c1-18(2,3)25-17(24)22-11-10-15-19(13-22,16(23)21(4)20-15)12-14-8-6-5-7-9-14/h5-9H,10-13H2,1-4H3. The van der Waals surface area contributed by atoms with Crippen LogP contribution in [0.1, 0.15) is 32.8 Å². The maximum atomic E-state index is 13.0. The fourth-order valence-electron chi connectivity index (χ4n) is 3.51. The Bertz CT molecular complexity index is 708. The average Bonchev–Trinajstić information content (AvgIpc) is 2.78. The number of hydrazone groups is 1. The molecule has 1 saturated heterocycles. The van der Waals surface area contributed by atoms with Gasteiger partial charge in [-0.3, -0.25) is 4.79 Å². The molecule has 1 fully saturated rings. The summed E-state index contributed by atoms with van der Waals surface area (Å²) in [6.07, 6.45) is 0.749. The lowest BCUT2D eigenvalue weighted by Crippen LogP contribution is -2.56. The minimum atomic E-state index is -0.786. The molecule has 3 rings (SSSR count). The summed E-state index contributed by atoms with van der Waals surface area (Å²) in [4.78, 5) is 27.1. The maximum Gasteiger partial charge on any atom is 0.410 e. The van der Waals surface area contributed by atoms with Crippen LogP contribution in [-0.4, -0.2) is 53.4 Å². The van der Waals surface area contributed by atoms with Crippen LogP contribution in [0.25, 0.3) is 0 Å². The van der Waals surface area contributed by atoms with E-state index in [-0.39, 0.29) is 12.0 Å². The van der Waals surface area contributed by atoms with Gasteiger partial charge in [-0.15, -0.1) is 0 Å². The molecular formula is C19H25N3O3. The minimum Gasteiger partial charge on any atom is -0.444 e. The smallest absolute Gasteiger partial charge is 0.410 e. The zero-order chi connectivity index (χ0) is 18.2. The van der Waals surface area contributed by atoms with Crippen LogP contribution >= 0.6 is 0 Å². The highest BCUT2D eigenvalue weighted by Gasteiger charge is 2.53. The van der Waals surface area contributed by atoms with E-state index in [1.165, 1.54) is 5.01 Å². The fraction of sp³-hybridized carbons (Fsp3) is 0.526. The van der Waals surface area contributed by atoms with Crippen LogP contribution in [-0.2, 0) is 16.0 Å². The Labute approximate surface area is 148 Å². The van der Waals surface area contributed by atoms with Gasteiger partial charge in [-0.05, 0) is 32.8 Å². The highest BCUT2D eigenvalue weighted by Crippen LogP contribution is 2.38. The van der Waals surface area contributed by atoms with Crippen molar-refractivity contribution >= 4 is 17.7 Å². The molecule has 1 atom stereocenters. The average molecular weight is 343 g/mol. The third kappa shape index (κ3) is 3.38. The quantitative estimate of drug-likeness (QED) is 0.829. The summed E-state index contributed by atoms with van der Waals surface area (Å²) in [5.41, 5.74) is 0.577. The number of hydrogen-bond acceptors (Lipinski definition) is 4. The van der Waals surface area contributed by atoms with E-state index in [9.17, 15) is 9.59 Å². The molecule has 0 saturated carbocycles. The van der Waals surface area contributed by atoms with Gasteiger partial charge in [-0.2, -0.15) is 5.10 Å². The Kier molecular flexibility index (Phi) is 4.31. The maximum absolute atomic E-state index is 13.0. The first-order chi connectivity index (χ1) is 11.7. The number of hydrogen-bond donors (Lipinski definition) is 0. The van der Waals surface area contributed by atoms with Crippen molar-refractivity contribution < 1.29 is 14.3 Å². The van der Waals surface area contributed by atoms with Crippen LogP contribution < -0.4 is 0 Å². The molecule has 0 spiro atoms. The summed E-state index contributed by atoms with van der Waals surface area (Å²) in [5, 5.41) is 5.86. The lowest BCUT2D eigenvalue weighted by Gasteiger charge is -2.39. The normalized spacial score (nSPS) is 23.4. The molecule has 2 aliphatic heterocycles. The number of carbonyl (C=O) groups excluding carboxylic acids is 2. The Balaban J connectivity index is 1.88. The lowest BCUT2D eigenvalue weighted by molar-refractivity contribution is -0.135. The van der Waals surface area contributed by atoms with Gasteiger partial charge in [0.1, 0.15) is 11.0 Å². The van der Waals surface area contributed by atoms with Crippen LogP contribution in [0.3, 0.4) is 0 Å². The molecular weight excluding hydrogens is 318 g/mol. The zero-order valence-electron chi connectivity index (χ0n) is 15.3. The van der Waals surface area contributed by atoms with Gasteiger partial charge in [0.25, 0.3) is 5.91 Å². The molecule has 25 heavy (non-hydrogen) atoms. The van der Waals surface area contributed by atoms with Crippen molar-refractivity contribution in [3.05, 3.63) is 35.9 Å². The van der Waals surface area contributed by atoms with Crippen molar-refractivity contribution in [3.8, 4) is 0 Å². The molecule has 2 amide bonds. The minimum absolute atomic E-state index is 0.0559. The lowest BCUT2D eigenvalue weighted by atomic mass is 9.73. The molecule has 0 radical (unpaired) electrons. The van der Waals surface area contributed by atoms with E-state index in [1.54, 1.807) is 11.9 Å². The van der Waals surface area contributed by atoms with Gasteiger partial charge >= 0.3 is 6.09 Å². The van der Waals surface area contributed by atoms with Crippen molar-refractivity contribution in [2.45, 2.75) is 39.2 Å². The zero-order valence-corrected chi connectivity index (χ0v) is 15.3. The predicted molar refractivity (Wildman–Crippen MR) is 95.2 cm³/mol. The van der Waals surface area contributed by atoms with E-state index in [1.807, 2.05) is 51.1 Å². The van der Waals surface area contributed by atoms with Crippen molar-refractivity contribution in [2.24, 2.45) is 10.5 Å². The Morgan fingerprint density at radius 3 is 2.60 bits per heavy atom. The van der Waals surface area contributed by atoms with E-state index < -0.39 is 11.0 Å². The van der Waals surface area contributed by atoms with Crippen LogP contribution in [0.15, 0.2) is 35.4 Å². The van der Waals surface area contributed by atoms with E-state index in [2.05, 4.69) is 5.10 Å². The summed E-state index contributed by atoms with van der Waals surface area (Å²) >= 11 is 0. The molecule has 6 nitrogen and oxygen atoms in total. The molecule has 134 valence electrons. The number of fused-ring (bicyclic) bond motifs is 1. The van der Waals surface area contributed by atoms with Crippen LogP contribution in [0.5, 0.6) is 0 Å². The first-order valence-corrected chi connectivity index (χ1v) is 8.59. The molecule has 1 aromatic rings. The molecule has 2 heterocycles. The predicted octanol–water partition coefficient (Wildman–Crippen LogP) is 2.68. The number of nitrogens with zero attached hydrogens (tertiary/aromatic N) is 3. The summed E-state index contributed by atoms with van der Waals surface area (Å²) in [7, 11) is 1.68. The second kappa shape index (κ2) is 6.17. The Morgan fingerprint density at radius 1 is 1.28 bits per heavy atom. The van der Waals surface area contributed by atoms with Gasteiger partial charge < -0.3 is 9.64 Å². The Morgan fingerprint density at radius 2 is 1.96 bits per heavy atom. The highest BCUT2D eigenvalue weighted by atomic mass is 16.6. The first kappa shape index (κ1) is 17.5. The van der Waals surface area contributed by atoms with Gasteiger partial charge in [0.15, 0.2) is 0 Å². The van der Waals surface area contributed by atoms with Crippen LogP contribution in [0.4, 0.5) is 4.79 Å². The molecule has 1 unspecified atom stereocenters. The topological polar surface area (TPSA) is 62.2 Å². The molecule has 6 heteroatoms. The number of ether oxygens (including phenoxy) is 1. The second-order valence-corrected chi connectivity index (χ2v) is 7.77. The van der Waals surface area contributed by atoms with Gasteiger partial charge in [0.05, 0.1) is 5.71 Å². The second-order valence-electron chi connectivity index (χ2n) is 7.77. The summed E-state index contributed by atoms with van der Waals surface area (Å²) in [5.74, 6) is -0.0559. The SMILES string of the molecule is CN1N=C2CCN(C(=O)OC(C)(C)C)CC2(Cc2ccccc2)C1=O. The number of carbonyl (C=O) groups is 2. The first-order valence-electron chi connectivity index (χ1n) is 8.59. The molecule has 1 aromatic carbocycles. The van der Waals surface area contributed by atoms with Gasteiger partial charge in [-0.1, -0.05) is 30.3 Å². The molecule has 0 bridgehead atoms. The molecule has 0 aromatic heterocycles. The number of amides is 2. The van der Waals surface area contributed by atoms with Crippen molar-refractivity contribution in [2.75, 3.05) is 20.1 Å². The third-order valence-corrected chi connectivity index (χ3v) is 4.61. The molecule has 2 aliphatic rings. The van der Waals surface area contributed by atoms with Gasteiger partial charge in [0, 0.05) is 26.6 Å². The van der Waals surface area contributed by atoms with Crippen molar-refractivity contribution in [3.63, 3.8) is 0 Å². The van der Waals surface area contributed by atoms with Crippen LogP contribution in [0, 0.1) is 5.41 Å². The summed E-state index contributed by atoms with van der Waals surface area (Å²) < 4.78 is 5.51. The third-order valence-electron chi connectivity index (χ3n) is 4.61. The fourth-order valence-corrected chi connectivity index (χ4v) is 3.51. The Hall–Kier alpha value is -2.37. The number of piperidine rings is 1. The van der Waals surface area contributed by atoms with Crippen molar-refractivity contribution in [1.29, 1.82) is 0 Å². The summed E-state index contributed by atoms with van der Waals surface area (Å²) in [6, 6.07) is 9.88. The largest absolute Gasteiger partial charge is 0.444 e. The summed E-state index contributed by atoms with van der Waals surface area (Å²) in [6.45, 7) is 6.35. The van der Waals surface area contributed by atoms with Crippen LogP contribution in [0.2, 0.25) is 0 Å². The van der Waals surface area contributed by atoms with E-state index in [0.717, 1.165) is 11.3 Å². The van der Waals surface area contributed by atoms with E-state index in [0.29, 0.717) is 25.9 Å². The number of rotatable bonds is 2. The van der Waals surface area contributed by atoms with Gasteiger partial charge in [-0.25, -0.2) is 9.80 Å².